The quantitative estimate of drug-likeness (QED) is 0.809. The molecule has 0 spiro atoms. The highest BCUT2D eigenvalue weighted by Gasteiger charge is 2.29. The van der Waals surface area contributed by atoms with E-state index in [-0.39, 0.29) is 5.41 Å². The lowest BCUT2D eigenvalue weighted by Gasteiger charge is -2.15. The molecule has 92 valence electrons. The summed E-state index contributed by atoms with van der Waals surface area (Å²) in [5.41, 5.74) is 7.32. The molecule has 4 nitrogen and oxygen atoms in total. The minimum Gasteiger partial charge on any atom is -0.383 e. The molecule has 1 fully saturated rings. The van der Waals surface area contributed by atoms with Crippen LogP contribution in [0.1, 0.15) is 63.8 Å². The molecule has 1 aromatic heterocycles. The van der Waals surface area contributed by atoms with Crippen LogP contribution in [0.25, 0.3) is 0 Å². The third-order valence-electron chi connectivity index (χ3n) is 3.44. The maximum atomic E-state index is 9.24. The van der Waals surface area contributed by atoms with E-state index < -0.39 is 0 Å². The third kappa shape index (κ3) is 2.02. The Balaban J connectivity index is 2.49. The average molecular weight is 232 g/mol. The van der Waals surface area contributed by atoms with Gasteiger partial charge in [0.2, 0.25) is 0 Å². The van der Waals surface area contributed by atoms with Crippen molar-refractivity contribution < 1.29 is 0 Å². The first kappa shape index (κ1) is 12.0. The third-order valence-corrected chi connectivity index (χ3v) is 3.44. The zero-order chi connectivity index (χ0) is 12.6. The van der Waals surface area contributed by atoms with E-state index >= 15 is 0 Å². The average Bonchev–Trinajstić information content (AvgIpc) is 2.82. The second-order valence-corrected chi connectivity index (χ2v) is 5.85. The molecule has 0 radical (unpaired) electrons. The monoisotopic (exact) mass is 232 g/mol. The Morgan fingerprint density at radius 1 is 1.35 bits per heavy atom. The van der Waals surface area contributed by atoms with Crippen LogP contribution in [-0.2, 0) is 5.41 Å². The Morgan fingerprint density at radius 3 is 2.35 bits per heavy atom. The number of nitrogens with two attached hydrogens (primary N) is 1. The number of nitrogens with zero attached hydrogens (tertiary/aromatic N) is 3. The summed E-state index contributed by atoms with van der Waals surface area (Å²) in [6, 6.07) is 2.59. The van der Waals surface area contributed by atoms with Gasteiger partial charge in [0.1, 0.15) is 17.5 Å². The summed E-state index contributed by atoms with van der Waals surface area (Å²) in [6.07, 6.45) is 4.72. The van der Waals surface area contributed by atoms with Crippen LogP contribution in [0.3, 0.4) is 0 Å². The molecule has 4 heteroatoms. The Bertz CT molecular complexity index is 453. The van der Waals surface area contributed by atoms with Gasteiger partial charge >= 0.3 is 0 Å². The van der Waals surface area contributed by atoms with E-state index in [1.165, 1.54) is 12.8 Å². The van der Waals surface area contributed by atoms with Gasteiger partial charge in [-0.3, -0.25) is 0 Å². The fourth-order valence-electron chi connectivity index (χ4n) is 2.51. The molecule has 1 saturated carbocycles. The number of hydrogen-bond donors (Lipinski definition) is 1. The van der Waals surface area contributed by atoms with Crippen LogP contribution in [0.2, 0.25) is 0 Å². The highest BCUT2D eigenvalue weighted by atomic mass is 15.3. The van der Waals surface area contributed by atoms with Gasteiger partial charge in [0.05, 0.1) is 11.7 Å². The molecule has 17 heavy (non-hydrogen) atoms. The minimum absolute atomic E-state index is 0.136. The van der Waals surface area contributed by atoms with Crippen molar-refractivity contribution in [2.24, 2.45) is 0 Å². The first-order chi connectivity index (χ1) is 7.95. The normalized spacial score (nSPS) is 17.3. The van der Waals surface area contributed by atoms with E-state index in [1.807, 2.05) is 4.68 Å². The topological polar surface area (TPSA) is 67.6 Å². The van der Waals surface area contributed by atoms with Gasteiger partial charge in [0.15, 0.2) is 0 Å². The summed E-state index contributed by atoms with van der Waals surface area (Å²) in [6.45, 7) is 6.19. The van der Waals surface area contributed by atoms with Gasteiger partial charge in [0, 0.05) is 5.41 Å². The van der Waals surface area contributed by atoms with Crippen LogP contribution in [0.15, 0.2) is 0 Å². The molecule has 1 aromatic rings. The van der Waals surface area contributed by atoms with Gasteiger partial charge in [-0.25, -0.2) is 4.68 Å². The highest BCUT2D eigenvalue weighted by Crippen LogP contribution is 2.35. The molecule has 0 atom stereocenters. The predicted molar refractivity (Wildman–Crippen MR) is 67.6 cm³/mol. The summed E-state index contributed by atoms with van der Waals surface area (Å²) >= 11 is 0. The number of nitriles is 1. The molecule has 0 unspecified atom stereocenters. The molecule has 1 aliphatic carbocycles. The first-order valence-electron chi connectivity index (χ1n) is 6.23. The number of aromatic nitrogens is 2. The fraction of sp³-hybridized carbons (Fsp3) is 0.692. The zero-order valence-corrected chi connectivity index (χ0v) is 10.8. The second-order valence-electron chi connectivity index (χ2n) is 5.85. The van der Waals surface area contributed by atoms with Crippen molar-refractivity contribution in [3.63, 3.8) is 0 Å². The lowest BCUT2D eigenvalue weighted by molar-refractivity contribution is 0.454. The minimum atomic E-state index is -0.136. The maximum Gasteiger partial charge on any atom is 0.140 e. The van der Waals surface area contributed by atoms with Crippen molar-refractivity contribution in [2.45, 2.75) is 57.9 Å². The largest absolute Gasteiger partial charge is 0.383 e. The molecule has 0 aliphatic heterocycles. The number of hydrogen-bond acceptors (Lipinski definition) is 3. The van der Waals surface area contributed by atoms with Gasteiger partial charge in [-0.1, -0.05) is 33.6 Å². The van der Waals surface area contributed by atoms with Crippen LogP contribution in [0.5, 0.6) is 0 Å². The van der Waals surface area contributed by atoms with E-state index in [4.69, 9.17) is 5.73 Å². The van der Waals surface area contributed by atoms with Gasteiger partial charge in [-0.2, -0.15) is 10.4 Å². The van der Waals surface area contributed by atoms with Crippen molar-refractivity contribution in [3.8, 4) is 6.07 Å². The van der Waals surface area contributed by atoms with E-state index in [2.05, 4.69) is 31.9 Å². The van der Waals surface area contributed by atoms with Crippen molar-refractivity contribution in [1.29, 1.82) is 5.26 Å². The summed E-state index contributed by atoms with van der Waals surface area (Å²) in [5, 5.41) is 13.8. The second kappa shape index (κ2) is 4.06. The number of nitrogen functional groups attached to an aromatic ring is 1. The van der Waals surface area contributed by atoms with Crippen LogP contribution < -0.4 is 5.73 Å². The number of anilines is 1. The summed E-state index contributed by atoms with van der Waals surface area (Å²) in [7, 11) is 0. The van der Waals surface area contributed by atoms with E-state index in [9.17, 15) is 5.26 Å². The van der Waals surface area contributed by atoms with Crippen LogP contribution >= 0.6 is 0 Å². The molecule has 0 aromatic carbocycles. The van der Waals surface area contributed by atoms with Crippen molar-refractivity contribution >= 4 is 5.82 Å². The molecular formula is C13H20N4. The van der Waals surface area contributed by atoms with Gasteiger partial charge in [-0.15, -0.1) is 0 Å². The lowest BCUT2D eigenvalue weighted by atomic mass is 9.90. The van der Waals surface area contributed by atoms with Gasteiger partial charge in [0.25, 0.3) is 0 Å². The molecule has 0 amide bonds. The van der Waals surface area contributed by atoms with Crippen LogP contribution in [-0.4, -0.2) is 9.78 Å². The zero-order valence-electron chi connectivity index (χ0n) is 10.8. The molecule has 0 bridgehead atoms. The Morgan fingerprint density at radius 2 is 1.94 bits per heavy atom. The van der Waals surface area contributed by atoms with Crippen molar-refractivity contribution in [3.05, 3.63) is 11.3 Å². The van der Waals surface area contributed by atoms with Crippen LogP contribution in [0.4, 0.5) is 5.82 Å². The predicted octanol–water partition coefficient (Wildman–Crippen LogP) is 2.75. The summed E-state index contributed by atoms with van der Waals surface area (Å²) < 4.78 is 1.88. The van der Waals surface area contributed by atoms with Gasteiger partial charge < -0.3 is 5.73 Å². The standard InChI is InChI=1S/C13H20N4/c1-13(2,3)11-10(8-14)12(15)17(16-11)9-6-4-5-7-9/h9H,4-7,15H2,1-3H3. The smallest absolute Gasteiger partial charge is 0.140 e. The van der Waals surface area contributed by atoms with E-state index in [0.717, 1.165) is 18.5 Å². The van der Waals surface area contributed by atoms with E-state index in [1.54, 1.807) is 0 Å². The fourth-order valence-corrected chi connectivity index (χ4v) is 2.51. The first-order valence-corrected chi connectivity index (χ1v) is 6.23. The van der Waals surface area contributed by atoms with Crippen molar-refractivity contribution in [2.75, 3.05) is 5.73 Å². The van der Waals surface area contributed by atoms with Crippen molar-refractivity contribution in [1.82, 2.24) is 9.78 Å². The Kier molecular flexibility index (Phi) is 2.86. The van der Waals surface area contributed by atoms with Gasteiger partial charge in [-0.05, 0) is 12.8 Å². The molecule has 2 rings (SSSR count). The molecule has 2 N–H and O–H groups in total. The molecule has 0 saturated heterocycles. The summed E-state index contributed by atoms with van der Waals surface area (Å²) in [4.78, 5) is 0. The Hall–Kier alpha value is -1.50. The number of rotatable bonds is 1. The Labute approximate surface area is 102 Å². The lowest BCUT2D eigenvalue weighted by Crippen LogP contribution is -2.15. The maximum absolute atomic E-state index is 9.24. The SMILES string of the molecule is CC(C)(C)c1nn(C2CCCC2)c(N)c1C#N. The highest BCUT2D eigenvalue weighted by molar-refractivity contribution is 5.54. The van der Waals surface area contributed by atoms with Crippen LogP contribution in [0, 0.1) is 11.3 Å². The summed E-state index contributed by atoms with van der Waals surface area (Å²) in [5.74, 6) is 0.546. The molecule has 1 aliphatic rings. The molecular weight excluding hydrogens is 212 g/mol. The van der Waals surface area contributed by atoms with E-state index in [0.29, 0.717) is 17.4 Å². The molecule has 1 heterocycles.